The van der Waals surface area contributed by atoms with Crippen LogP contribution in [0.4, 0.5) is 0 Å². The third-order valence-electron chi connectivity index (χ3n) is 5.60. The summed E-state index contributed by atoms with van der Waals surface area (Å²) >= 11 is 0. The Morgan fingerprint density at radius 1 is 0.967 bits per heavy atom. The molecule has 4 nitrogen and oxygen atoms in total. The van der Waals surface area contributed by atoms with Crippen molar-refractivity contribution in [2.75, 3.05) is 6.54 Å². The minimum atomic E-state index is -0.453. The van der Waals surface area contributed by atoms with E-state index in [1.807, 2.05) is 45.0 Å². The van der Waals surface area contributed by atoms with E-state index in [9.17, 15) is 9.59 Å². The molecule has 0 saturated heterocycles. The molecule has 0 aromatic heterocycles. The lowest BCUT2D eigenvalue weighted by Crippen LogP contribution is -2.49. The molecule has 0 saturated carbocycles. The molecule has 0 bridgehead atoms. The van der Waals surface area contributed by atoms with E-state index in [4.69, 9.17) is 0 Å². The van der Waals surface area contributed by atoms with Crippen molar-refractivity contribution in [2.24, 2.45) is 0 Å². The van der Waals surface area contributed by atoms with Crippen LogP contribution in [-0.4, -0.2) is 29.3 Å². The number of carbonyl (C=O) groups excluding carboxylic acids is 2. The predicted octanol–water partition coefficient (Wildman–Crippen LogP) is 4.82. The fourth-order valence-corrected chi connectivity index (χ4v) is 3.59. The van der Waals surface area contributed by atoms with E-state index < -0.39 is 6.04 Å². The maximum atomic E-state index is 13.3. The number of aryl methyl sites for hydroxylation is 3. The second-order valence-electron chi connectivity index (χ2n) is 7.83. The van der Waals surface area contributed by atoms with Crippen LogP contribution in [0.3, 0.4) is 0 Å². The molecular formula is C26H36N2O2. The van der Waals surface area contributed by atoms with Gasteiger partial charge in [0.2, 0.25) is 11.8 Å². The molecule has 0 aliphatic heterocycles. The Morgan fingerprint density at radius 2 is 1.63 bits per heavy atom. The predicted molar refractivity (Wildman–Crippen MR) is 123 cm³/mol. The number of rotatable bonds is 11. The molecule has 1 N–H and O–H groups in total. The first kappa shape index (κ1) is 23.7. The van der Waals surface area contributed by atoms with Gasteiger partial charge in [-0.15, -0.1) is 0 Å². The van der Waals surface area contributed by atoms with Gasteiger partial charge in [-0.25, -0.2) is 0 Å². The minimum absolute atomic E-state index is 0.0244. The quantitative estimate of drug-likeness (QED) is 0.579. The SMILES string of the molecule is CCCNC(=O)C(CC)N(Cc1ccccc1C)C(=O)CCc1ccc(CC)cc1. The standard InChI is InChI=1S/C26H36N2O2/c1-5-18-27-26(30)24(7-3)28(19-23-11-9-8-10-20(23)4)25(29)17-16-22-14-12-21(6-2)13-15-22/h8-15,24H,5-7,16-19H2,1-4H3,(H,27,30). The van der Waals surface area contributed by atoms with Gasteiger partial charge in [-0.1, -0.05) is 69.3 Å². The maximum absolute atomic E-state index is 13.3. The molecule has 162 valence electrons. The molecule has 2 rings (SSSR count). The van der Waals surface area contributed by atoms with Gasteiger partial charge < -0.3 is 10.2 Å². The number of nitrogens with one attached hydrogen (secondary N) is 1. The normalized spacial score (nSPS) is 11.7. The Kier molecular flexibility index (Phi) is 9.59. The molecule has 2 aromatic rings. The Balaban J connectivity index is 2.18. The summed E-state index contributed by atoms with van der Waals surface area (Å²) in [4.78, 5) is 27.8. The van der Waals surface area contributed by atoms with E-state index in [0.29, 0.717) is 32.4 Å². The van der Waals surface area contributed by atoms with Crippen LogP contribution in [0.5, 0.6) is 0 Å². The molecule has 0 heterocycles. The summed E-state index contributed by atoms with van der Waals surface area (Å²) in [6.45, 7) is 9.27. The van der Waals surface area contributed by atoms with Crippen molar-refractivity contribution in [1.29, 1.82) is 0 Å². The van der Waals surface area contributed by atoms with Crippen molar-refractivity contribution in [3.8, 4) is 0 Å². The largest absolute Gasteiger partial charge is 0.354 e. The zero-order chi connectivity index (χ0) is 21.9. The van der Waals surface area contributed by atoms with Crippen LogP contribution in [0.2, 0.25) is 0 Å². The lowest BCUT2D eigenvalue weighted by Gasteiger charge is -2.31. The summed E-state index contributed by atoms with van der Waals surface area (Å²) in [6.07, 6.45) is 3.56. The lowest BCUT2D eigenvalue weighted by atomic mass is 10.0. The van der Waals surface area contributed by atoms with Gasteiger partial charge in [0.15, 0.2) is 0 Å². The monoisotopic (exact) mass is 408 g/mol. The highest BCUT2D eigenvalue weighted by Crippen LogP contribution is 2.17. The van der Waals surface area contributed by atoms with Crippen molar-refractivity contribution in [1.82, 2.24) is 10.2 Å². The van der Waals surface area contributed by atoms with Crippen LogP contribution in [-0.2, 0) is 29.0 Å². The molecule has 1 atom stereocenters. The fourth-order valence-electron chi connectivity index (χ4n) is 3.59. The molecule has 0 fully saturated rings. The molecular weight excluding hydrogens is 372 g/mol. The Morgan fingerprint density at radius 3 is 2.23 bits per heavy atom. The van der Waals surface area contributed by atoms with E-state index in [-0.39, 0.29) is 11.8 Å². The van der Waals surface area contributed by atoms with Crippen molar-refractivity contribution in [3.05, 3.63) is 70.8 Å². The number of benzene rings is 2. The third kappa shape index (κ3) is 6.72. The van der Waals surface area contributed by atoms with E-state index >= 15 is 0 Å². The summed E-state index contributed by atoms with van der Waals surface area (Å²) in [5.41, 5.74) is 4.67. The van der Waals surface area contributed by atoms with Gasteiger partial charge in [-0.2, -0.15) is 0 Å². The second kappa shape index (κ2) is 12.2. The number of amides is 2. The molecule has 0 spiro atoms. The minimum Gasteiger partial charge on any atom is -0.354 e. The molecule has 0 radical (unpaired) electrons. The highest BCUT2D eigenvalue weighted by molar-refractivity contribution is 5.87. The molecule has 30 heavy (non-hydrogen) atoms. The van der Waals surface area contributed by atoms with Gasteiger partial charge in [0.25, 0.3) is 0 Å². The van der Waals surface area contributed by atoms with Crippen LogP contribution in [0.25, 0.3) is 0 Å². The van der Waals surface area contributed by atoms with Crippen LogP contribution < -0.4 is 5.32 Å². The Labute approximate surface area is 181 Å². The number of carbonyl (C=O) groups is 2. The molecule has 4 heteroatoms. The Hall–Kier alpha value is -2.62. The highest BCUT2D eigenvalue weighted by atomic mass is 16.2. The van der Waals surface area contributed by atoms with Crippen molar-refractivity contribution < 1.29 is 9.59 Å². The molecule has 2 aromatic carbocycles. The summed E-state index contributed by atoms with van der Waals surface area (Å²) in [7, 11) is 0. The van der Waals surface area contributed by atoms with Gasteiger partial charge in [-0.05, 0) is 54.9 Å². The van der Waals surface area contributed by atoms with Crippen molar-refractivity contribution in [3.63, 3.8) is 0 Å². The fraction of sp³-hybridized carbons (Fsp3) is 0.462. The third-order valence-corrected chi connectivity index (χ3v) is 5.60. The molecule has 2 amide bonds. The van der Waals surface area contributed by atoms with E-state index in [1.165, 1.54) is 5.56 Å². The zero-order valence-electron chi connectivity index (χ0n) is 18.9. The van der Waals surface area contributed by atoms with E-state index in [0.717, 1.165) is 29.5 Å². The number of nitrogens with zero attached hydrogens (tertiary/aromatic N) is 1. The van der Waals surface area contributed by atoms with Crippen molar-refractivity contribution in [2.45, 2.75) is 72.4 Å². The molecule has 0 aliphatic carbocycles. The van der Waals surface area contributed by atoms with E-state index in [1.54, 1.807) is 4.90 Å². The summed E-state index contributed by atoms with van der Waals surface area (Å²) in [5.74, 6) is -0.0371. The first-order chi connectivity index (χ1) is 14.5. The van der Waals surface area contributed by atoms with Crippen LogP contribution >= 0.6 is 0 Å². The summed E-state index contributed by atoms with van der Waals surface area (Å²) in [6, 6.07) is 16.1. The molecule has 0 aliphatic rings. The summed E-state index contributed by atoms with van der Waals surface area (Å²) < 4.78 is 0. The van der Waals surface area contributed by atoms with Gasteiger partial charge in [0, 0.05) is 19.5 Å². The van der Waals surface area contributed by atoms with E-state index in [2.05, 4.69) is 36.5 Å². The smallest absolute Gasteiger partial charge is 0.242 e. The van der Waals surface area contributed by atoms with Gasteiger partial charge in [0.1, 0.15) is 6.04 Å². The molecule has 1 unspecified atom stereocenters. The Bertz CT molecular complexity index is 814. The first-order valence-corrected chi connectivity index (χ1v) is 11.2. The van der Waals surface area contributed by atoms with Gasteiger partial charge in [-0.3, -0.25) is 9.59 Å². The van der Waals surface area contributed by atoms with Gasteiger partial charge in [0.05, 0.1) is 0 Å². The summed E-state index contributed by atoms with van der Waals surface area (Å²) in [5, 5.41) is 2.97. The highest BCUT2D eigenvalue weighted by Gasteiger charge is 2.28. The lowest BCUT2D eigenvalue weighted by molar-refractivity contribution is -0.141. The first-order valence-electron chi connectivity index (χ1n) is 11.2. The van der Waals surface area contributed by atoms with Crippen LogP contribution in [0.15, 0.2) is 48.5 Å². The van der Waals surface area contributed by atoms with Crippen LogP contribution in [0.1, 0.15) is 62.3 Å². The average molecular weight is 409 g/mol. The van der Waals surface area contributed by atoms with Gasteiger partial charge >= 0.3 is 0 Å². The zero-order valence-corrected chi connectivity index (χ0v) is 18.9. The number of hydrogen-bond donors (Lipinski definition) is 1. The second-order valence-corrected chi connectivity index (χ2v) is 7.83. The average Bonchev–Trinajstić information content (AvgIpc) is 2.77. The maximum Gasteiger partial charge on any atom is 0.242 e. The van der Waals surface area contributed by atoms with Crippen molar-refractivity contribution >= 4 is 11.8 Å². The van der Waals surface area contributed by atoms with Crippen LogP contribution in [0, 0.1) is 6.92 Å². The number of hydrogen-bond acceptors (Lipinski definition) is 2. The topological polar surface area (TPSA) is 49.4 Å².